The van der Waals surface area contributed by atoms with E-state index in [-0.39, 0.29) is 17.0 Å². The molecule has 0 spiro atoms. The summed E-state index contributed by atoms with van der Waals surface area (Å²) in [6.45, 7) is 6.93. The van der Waals surface area contributed by atoms with Gasteiger partial charge in [-0.25, -0.2) is 8.42 Å². The van der Waals surface area contributed by atoms with Crippen molar-refractivity contribution in [2.75, 3.05) is 19.8 Å². The van der Waals surface area contributed by atoms with Crippen LogP contribution in [0.1, 0.15) is 27.2 Å². The summed E-state index contributed by atoms with van der Waals surface area (Å²) >= 11 is 0. The second kappa shape index (κ2) is 6.85. The lowest BCUT2D eigenvalue weighted by Crippen LogP contribution is -2.40. The molecule has 2 N–H and O–H groups in total. The van der Waals surface area contributed by atoms with E-state index in [1.54, 1.807) is 12.1 Å². The van der Waals surface area contributed by atoms with Gasteiger partial charge in [0.25, 0.3) is 0 Å². The first-order valence-electron chi connectivity index (χ1n) is 7.58. The summed E-state index contributed by atoms with van der Waals surface area (Å²) in [5.74, 6) is 0.996. The van der Waals surface area contributed by atoms with Crippen LogP contribution < -0.4 is 15.2 Å². The fraction of sp³-hybridized carbons (Fsp3) is 0.600. The Morgan fingerprint density at radius 1 is 1.23 bits per heavy atom. The van der Waals surface area contributed by atoms with Gasteiger partial charge < -0.3 is 15.2 Å². The quantitative estimate of drug-likeness (QED) is 0.857. The van der Waals surface area contributed by atoms with E-state index in [0.29, 0.717) is 37.7 Å². The van der Waals surface area contributed by atoms with Crippen LogP contribution in [0, 0.1) is 0 Å². The lowest BCUT2D eigenvalue weighted by molar-refractivity contribution is 0.287. The van der Waals surface area contributed by atoms with Gasteiger partial charge in [-0.1, -0.05) is 0 Å². The van der Waals surface area contributed by atoms with Gasteiger partial charge in [0.15, 0.2) is 11.5 Å². The molecule has 2 atom stereocenters. The van der Waals surface area contributed by atoms with Crippen LogP contribution in [0.25, 0.3) is 0 Å². The minimum Gasteiger partial charge on any atom is -0.490 e. The molecule has 2 unspecified atom stereocenters. The van der Waals surface area contributed by atoms with Crippen LogP contribution in [0.2, 0.25) is 0 Å². The SMILES string of the molecule is CCOc1ccc(S(=O)(=O)N2CCC(N)C2C)cc1OCC. The van der Waals surface area contributed by atoms with E-state index in [1.165, 1.54) is 10.4 Å². The van der Waals surface area contributed by atoms with E-state index < -0.39 is 10.0 Å². The standard InChI is InChI=1S/C15H24N2O4S/c1-4-20-14-7-6-12(10-15(14)21-5-2)22(18,19)17-9-8-13(16)11(17)3/h6-7,10-11,13H,4-5,8-9,16H2,1-3H3. The Balaban J connectivity index is 2.37. The first kappa shape index (κ1) is 17.1. The summed E-state index contributed by atoms with van der Waals surface area (Å²) in [6, 6.07) is 4.40. The molecule has 22 heavy (non-hydrogen) atoms. The first-order valence-corrected chi connectivity index (χ1v) is 9.02. The third-order valence-corrected chi connectivity index (χ3v) is 5.86. The Kier molecular flexibility index (Phi) is 5.31. The van der Waals surface area contributed by atoms with E-state index in [0.717, 1.165) is 0 Å². The maximum Gasteiger partial charge on any atom is 0.243 e. The molecule has 6 nitrogen and oxygen atoms in total. The van der Waals surface area contributed by atoms with Crippen LogP contribution >= 0.6 is 0 Å². The third kappa shape index (κ3) is 3.21. The van der Waals surface area contributed by atoms with Gasteiger partial charge in [0.1, 0.15) is 0 Å². The van der Waals surface area contributed by atoms with Crippen molar-refractivity contribution < 1.29 is 17.9 Å². The normalized spacial score (nSPS) is 22.7. The van der Waals surface area contributed by atoms with Crippen molar-refractivity contribution in [2.45, 2.75) is 44.2 Å². The number of benzene rings is 1. The second-order valence-electron chi connectivity index (χ2n) is 5.28. The maximum absolute atomic E-state index is 12.8. The van der Waals surface area contributed by atoms with Crippen LogP contribution in [0.5, 0.6) is 11.5 Å². The molecule has 7 heteroatoms. The lowest BCUT2D eigenvalue weighted by atomic mass is 10.2. The zero-order valence-electron chi connectivity index (χ0n) is 13.3. The van der Waals surface area contributed by atoms with Crippen LogP contribution in [0.4, 0.5) is 0 Å². The lowest BCUT2D eigenvalue weighted by Gasteiger charge is -2.23. The van der Waals surface area contributed by atoms with E-state index in [4.69, 9.17) is 15.2 Å². The highest BCUT2D eigenvalue weighted by atomic mass is 32.2. The molecule has 0 aliphatic carbocycles. The fourth-order valence-electron chi connectivity index (χ4n) is 2.60. The molecule has 1 aliphatic heterocycles. The third-order valence-electron chi connectivity index (χ3n) is 3.88. The Bertz CT molecular complexity index is 618. The molecule has 0 bridgehead atoms. The molecule has 0 saturated carbocycles. The van der Waals surface area contributed by atoms with Crippen molar-refractivity contribution in [1.29, 1.82) is 0 Å². The first-order chi connectivity index (χ1) is 10.4. The molecule has 124 valence electrons. The van der Waals surface area contributed by atoms with Crippen LogP contribution in [-0.2, 0) is 10.0 Å². The van der Waals surface area contributed by atoms with Crippen molar-refractivity contribution in [3.8, 4) is 11.5 Å². The minimum absolute atomic E-state index is 0.121. The van der Waals surface area contributed by atoms with Crippen molar-refractivity contribution in [2.24, 2.45) is 5.73 Å². The van der Waals surface area contributed by atoms with Gasteiger partial charge in [-0.15, -0.1) is 0 Å². The zero-order valence-corrected chi connectivity index (χ0v) is 14.1. The van der Waals surface area contributed by atoms with Gasteiger partial charge in [-0.2, -0.15) is 4.31 Å². The molecule has 1 saturated heterocycles. The van der Waals surface area contributed by atoms with Crippen LogP contribution in [-0.4, -0.2) is 44.6 Å². The maximum atomic E-state index is 12.8. The molecule has 1 fully saturated rings. The van der Waals surface area contributed by atoms with Crippen LogP contribution in [0.3, 0.4) is 0 Å². The van der Waals surface area contributed by atoms with Crippen molar-refractivity contribution >= 4 is 10.0 Å². The smallest absolute Gasteiger partial charge is 0.243 e. The monoisotopic (exact) mass is 328 g/mol. The summed E-state index contributed by atoms with van der Waals surface area (Å²) in [6.07, 6.45) is 0.676. The van der Waals surface area contributed by atoms with Gasteiger partial charge in [-0.05, 0) is 39.3 Å². The largest absolute Gasteiger partial charge is 0.490 e. The van der Waals surface area contributed by atoms with Gasteiger partial charge in [0.2, 0.25) is 10.0 Å². The Morgan fingerprint density at radius 3 is 2.41 bits per heavy atom. The summed E-state index contributed by atoms with van der Waals surface area (Å²) in [4.78, 5) is 0.209. The number of rotatable bonds is 6. The molecule has 1 heterocycles. The van der Waals surface area contributed by atoms with E-state index in [2.05, 4.69) is 0 Å². The minimum atomic E-state index is -3.58. The molecule has 0 amide bonds. The van der Waals surface area contributed by atoms with Crippen LogP contribution in [0.15, 0.2) is 23.1 Å². The number of hydrogen-bond acceptors (Lipinski definition) is 5. The Hall–Kier alpha value is -1.31. The summed E-state index contributed by atoms with van der Waals surface area (Å²) in [5, 5.41) is 0. The predicted molar refractivity (Wildman–Crippen MR) is 84.7 cm³/mol. The number of nitrogens with zero attached hydrogens (tertiary/aromatic N) is 1. The van der Waals surface area contributed by atoms with Gasteiger partial charge in [0, 0.05) is 24.7 Å². The fourth-order valence-corrected chi connectivity index (χ4v) is 4.31. The van der Waals surface area contributed by atoms with Gasteiger partial charge >= 0.3 is 0 Å². The van der Waals surface area contributed by atoms with Crippen molar-refractivity contribution in [3.63, 3.8) is 0 Å². The summed E-state index contributed by atoms with van der Waals surface area (Å²) in [7, 11) is -3.58. The molecule has 1 aromatic rings. The average Bonchev–Trinajstić information content (AvgIpc) is 2.82. The van der Waals surface area contributed by atoms with Gasteiger partial charge in [0.05, 0.1) is 18.1 Å². The topological polar surface area (TPSA) is 81.9 Å². The van der Waals surface area contributed by atoms with E-state index >= 15 is 0 Å². The average molecular weight is 328 g/mol. The van der Waals surface area contributed by atoms with Gasteiger partial charge in [-0.3, -0.25) is 0 Å². The molecule has 2 rings (SSSR count). The Labute approximate surface area is 132 Å². The molecular formula is C15H24N2O4S. The molecule has 0 aromatic heterocycles. The van der Waals surface area contributed by atoms with Crippen molar-refractivity contribution in [3.05, 3.63) is 18.2 Å². The highest BCUT2D eigenvalue weighted by Crippen LogP contribution is 2.33. The summed E-state index contributed by atoms with van der Waals surface area (Å²) < 4.78 is 38.0. The Morgan fingerprint density at radius 2 is 1.86 bits per heavy atom. The highest BCUT2D eigenvalue weighted by molar-refractivity contribution is 7.89. The number of sulfonamides is 1. The molecule has 1 aromatic carbocycles. The summed E-state index contributed by atoms with van der Waals surface area (Å²) in [5.41, 5.74) is 5.93. The van der Waals surface area contributed by atoms with E-state index in [1.807, 2.05) is 20.8 Å². The molecule has 0 radical (unpaired) electrons. The molecule has 1 aliphatic rings. The molecular weight excluding hydrogens is 304 g/mol. The number of hydrogen-bond donors (Lipinski definition) is 1. The highest BCUT2D eigenvalue weighted by Gasteiger charge is 2.37. The number of nitrogens with two attached hydrogens (primary N) is 1. The van der Waals surface area contributed by atoms with E-state index in [9.17, 15) is 8.42 Å². The van der Waals surface area contributed by atoms with Crippen molar-refractivity contribution in [1.82, 2.24) is 4.31 Å². The zero-order chi connectivity index (χ0) is 16.3. The second-order valence-corrected chi connectivity index (χ2v) is 7.17. The number of ether oxygens (including phenoxy) is 2. The predicted octanol–water partition coefficient (Wildman–Crippen LogP) is 1.59.